The van der Waals surface area contributed by atoms with Gasteiger partial charge in [0.05, 0.1) is 22.7 Å². The Hall–Kier alpha value is -3.07. The second-order valence-corrected chi connectivity index (χ2v) is 5.37. The summed E-state index contributed by atoms with van der Waals surface area (Å²) in [4.78, 5) is 18.8. The molecular formula is C16H14N4O2. The number of aromatic carboxylic acids is 1. The van der Waals surface area contributed by atoms with Crippen molar-refractivity contribution in [2.24, 2.45) is 0 Å². The number of rotatable bonds is 3. The third kappa shape index (κ3) is 2.13. The Labute approximate surface area is 126 Å². The number of carboxylic acids is 1. The predicted molar refractivity (Wildman–Crippen MR) is 84.0 cm³/mol. The molecule has 0 atom stereocenters. The van der Waals surface area contributed by atoms with Gasteiger partial charge in [-0.25, -0.2) is 9.78 Å². The fraction of sp³-hybridized carbons (Fsp3) is 0.188. The van der Waals surface area contributed by atoms with Gasteiger partial charge in [-0.05, 0) is 32.0 Å². The number of hydrogen-bond acceptors (Lipinski definition) is 4. The molecule has 1 aromatic carbocycles. The fourth-order valence-electron chi connectivity index (χ4n) is 2.53. The number of nitriles is 1. The predicted octanol–water partition coefficient (Wildman–Crippen LogP) is 3.11. The van der Waals surface area contributed by atoms with E-state index in [2.05, 4.69) is 21.4 Å². The molecule has 0 saturated heterocycles. The molecule has 0 unspecified atom stereocenters. The molecule has 0 radical (unpaired) electrons. The zero-order valence-corrected chi connectivity index (χ0v) is 12.1. The van der Waals surface area contributed by atoms with Crippen molar-refractivity contribution in [3.8, 4) is 6.07 Å². The lowest BCUT2D eigenvalue weighted by Crippen LogP contribution is -2.14. The van der Waals surface area contributed by atoms with Gasteiger partial charge in [-0.1, -0.05) is 0 Å². The summed E-state index contributed by atoms with van der Waals surface area (Å²) in [5.41, 5.74) is 2.57. The number of aromatic nitrogens is 2. The van der Waals surface area contributed by atoms with Gasteiger partial charge in [-0.15, -0.1) is 0 Å². The number of nitrogens with one attached hydrogen (secondary N) is 2. The molecule has 110 valence electrons. The summed E-state index contributed by atoms with van der Waals surface area (Å²) in [6.45, 7) is 3.88. The Morgan fingerprint density at radius 1 is 1.45 bits per heavy atom. The van der Waals surface area contributed by atoms with Crippen LogP contribution in [0.1, 0.15) is 29.8 Å². The van der Waals surface area contributed by atoms with Crippen LogP contribution in [0.15, 0.2) is 24.4 Å². The van der Waals surface area contributed by atoms with Crippen molar-refractivity contribution in [2.75, 3.05) is 5.32 Å². The van der Waals surface area contributed by atoms with Crippen LogP contribution in [0.3, 0.4) is 0 Å². The topological polar surface area (TPSA) is 102 Å². The molecule has 0 aliphatic rings. The second-order valence-electron chi connectivity index (χ2n) is 5.37. The first kappa shape index (κ1) is 13.9. The summed E-state index contributed by atoms with van der Waals surface area (Å²) < 4.78 is 0. The van der Waals surface area contributed by atoms with Crippen molar-refractivity contribution in [1.82, 2.24) is 9.97 Å². The fourth-order valence-corrected chi connectivity index (χ4v) is 2.53. The van der Waals surface area contributed by atoms with Crippen LogP contribution in [0.5, 0.6) is 0 Å². The van der Waals surface area contributed by atoms with E-state index < -0.39 is 5.97 Å². The van der Waals surface area contributed by atoms with Crippen LogP contribution in [0.25, 0.3) is 21.9 Å². The summed E-state index contributed by atoms with van der Waals surface area (Å²) in [6, 6.07) is 7.42. The number of fused-ring (bicyclic) bond motifs is 3. The monoisotopic (exact) mass is 294 g/mol. The highest BCUT2D eigenvalue weighted by atomic mass is 16.4. The number of H-pyrrole nitrogens is 1. The van der Waals surface area contributed by atoms with Crippen LogP contribution < -0.4 is 5.32 Å². The summed E-state index contributed by atoms with van der Waals surface area (Å²) in [6.07, 6.45) is 1.34. The highest BCUT2D eigenvalue weighted by molar-refractivity contribution is 6.16. The number of benzene rings is 1. The Morgan fingerprint density at radius 3 is 2.86 bits per heavy atom. The quantitative estimate of drug-likeness (QED) is 0.689. The van der Waals surface area contributed by atoms with E-state index in [-0.39, 0.29) is 11.6 Å². The van der Waals surface area contributed by atoms with Gasteiger partial charge in [0.2, 0.25) is 0 Å². The van der Waals surface area contributed by atoms with Gasteiger partial charge in [-0.2, -0.15) is 5.26 Å². The standard InChI is InChI=1S/C16H14N4O2/c1-8(2)19-14-11(16(21)22)7-18-15-13(14)10-5-9(6-17)3-4-12(10)20-15/h3-5,7-8H,1-2H3,(H,21,22)(H2,18,19,20). The zero-order valence-electron chi connectivity index (χ0n) is 12.1. The summed E-state index contributed by atoms with van der Waals surface area (Å²) >= 11 is 0. The molecule has 2 aromatic heterocycles. The first-order valence-electron chi connectivity index (χ1n) is 6.85. The molecule has 6 nitrogen and oxygen atoms in total. The molecule has 0 fully saturated rings. The van der Waals surface area contributed by atoms with Crippen LogP contribution in [-0.2, 0) is 0 Å². The van der Waals surface area contributed by atoms with Crippen molar-refractivity contribution in [3.05, 3.63) is 35.5 Å². The number of aromatic amines is 1. The molecule has 3 N–H and O–H groups in total. The van der Waals surface area contributed by atoms with Gasteiger partial charge in [0.15, 0.2) is 0 Å². The summed E-state index contributed by atoms with van der Waals surface area (Å²) in [5.74, 6) is -1.04. The molecule has 0 aliphatic heterocycles. The highest BCUT2D eigenvalue weighted by Gasteiger charge is 2.19. The maximum Gasteiger partial charge on any atom is 0.339 e. The number of anilines is 1. The Morgan fingerprint density at radius 2 is 2.23 bits per heavy atom. The average Bonchev–Trinajstić information content (AvgIpc) is 2.84. The third-order valence-electron chi connectivity index (χ3n) is 3.41. The first-order valence-corrected chi connectivity index (χ1v) is 6.85. The smallest absolute Gasteiger partial charge is 0.339 e. The number of carboxylic acid groups (broad SMARTS) is 1. The number of pyridine rings is 1. The molecule has 0 spiro atoms. The minimum Gasteiger partial charge on any atom is -0.478 e. The number of hydrogen-bond donors (Lipinski definition) is 3. The minimum absolute atomic E-state index is 0.0628. The average molecular weight is 294 g/mol. The van der Waals surface area contributed by atoms with Crippen molar-refractivity contribution < 1.29 is 9.90 Å². The largest absolute Gasteiger partial charge is 0.478 e. The molecule has 0 aliphatic carbocycles. The number of nitrogens with zero attached hydrogens (tertiary/aromatic N) is 2. The molecular weight excluding hydrogens is 280 g/mol. The van der Waals surface area contributed by atoms with E-state index in [1.165, 1.54) is 6.20 Å². The van der Waals surface area contributed by atoms with Crippen molar-refractivity contribution in [2.45, 2.75) is 19.9 Å². The van der Waals surface area contributed by atoms with Gasteiger partial charge < -0.3 is 15.4 Å². The minimum atomic E-state index is -1.04. The molecule has 0 amide bonds. The van der Waals surface area contributed by atoms with E-state index in [0.717, 1.165) is 10.9 Å². The van der Waals surface area contributed by atoms with Gasteiger partial charge >= 0.3 is 5.97 Å². The third-order valence-corrected chi connectivity index (χ3v) is 3.41. The van der Waals surface area contributed by atoms with Crippen molar-refractivity contribution in [3.63, 3.8) is 0 Å². The molecule has 3 aromatic rings. The van der Waals surface area contributed by atoms with E-state index in [1.807, 2.05) is 13.8 Å². The molecule has 3 rings (SSSR count). The van der Waals surface area contributed by atoms with Crippen LogP contribution in [-0.4, -0.2) is 27.1 Å². The first-order chi connectivity index (χ1) is 10.5. The lowest BCUT2D eigenvalue weighted by atomic mass is 10.1. The SMILES string of the molecule is CC(C)Nc1c(C(=O)O)cnc2[nH]c3ccc(C#N)cc3c12. The van der Waals surface area contributed by atoms with Crippen LogP contribution in [0, 0.1) is 11.3 Å². The Kier molecular flexibility index (Phi) is 3.18. The lowest BCUT2D eigenvalue weighted by molar-refractivity contribution is 0.0697. The summed E-state index contributed by atoms with van der Waals surface area (Å²) in [7, 11) is 0. The van der Waals surface area contributed by atoms with Crippen LogP contribution in [0.4, 0.5) is 5.69 Å². The maximum absolute atomic E-state index is 11.5. The molecule has 2 heterocycles. The molecule has 0 bridgehead atoms. The number of carbonyl (C=O) groups is 1. The van der Waals surface area contributed by atoms with Gasteiger partial charge in [0.1, 0.15) is 11.2 Å². The highest BCUT2D eigenvalue weighted by Crippen LogP contribution is 2.33. The second kappa shape index (κ2) is 5.04. The van der Waals surface area contributed by atoms with E-state index >= 15 is 0 Å². The van der Waals surface area contributed by atoms with Crippen LogP contribution in [0.2, 0.25) is 0 Å². The molecule has 0 saturated carbocycles. The van der Waals surface area contributed by atoms with E-state index in [9.17, 15) is 9.90 Å². The zero-order chi connectivity index (χ0) is 15.9. The van der Waals surface area contributed by atoms with Gasteiger partial charge in [0, 0.05) is 23.1 Å². The van der Waals surface area contributed by atoms with E-state index in [4.69, 9.17) is 5.26 Å². The van der Waals surface area contributed by atoms with Crippen LogP contribution >= 0.6 is 0 Å². The maximum atomic E-state index is 11.5. The Bertz CT molecular complexity index is 935. The normalized spacial score (nSPS) is 11.0. The van der Waals surface area contributed by atoms with Crippen molar-refractivity contribution >= 4 is 33.6 Å². The van der Waals surface area contributed by atoms with Gasteiger partial charge in [0.25, 0.3) is 0 Å². The molecule has 22 heavy (non-hydrogen) atoms. The molecule has 6 heteroatoms. The van der Waals surface area contributed by atoms with Gasteiger partial charge in [-0.3, -0.25) is 0 Å². The van der Waals surface area contributed by atoms with E-state index in [1.54, 1.807) is 18.2 Å². The summed E-state index contributed by atoms with van der Waals surface area (Å²) in [5, 5.41) is 23.2. The lowest BCUT2D eigenvalue weighted by Gasteiger charge is -2.14. The van der Waals surface area contributed by atoms with Crippen molar-refractivity contribution in [1.29, 1.82) is 5.26 Å². The Balaban J connectivity index is 2.44. The van der Waals surface area contributed by atoms with E-state index in [0.29, 0.717) is 22.3 Å².